The number of nitrogens with one attached hydrogen (secondary N) is 2. The number of hydrogen-bond acceptors (Lipinski definition) is 4. The fourth-order valence-electron chi connectivity index (χ4n) is 2.20. The molecular formula is C12H20N4O2. The van der Waals surface area contributed by atoms with Gasteiger partial charge in [-0.2, -0.15) is 5.10 Å². The Morgan fingerprint density at radius 2 is 2.28 bits per heavy atom. The molecule has 0 fully saturated rings. The van der Waals surface area contributed by atoms with Gasteiger partial charge >= 0.3 is 0 Å². The molecule has 6 nitrogen and oxygen atoms in total. The largest absolute Gasteiger partial charge is 0.385 e. The van der Waals surface area contributed by atoms with Gasteiger partial charge in [0.1, 0.15) is 17.5 Å². The first kappa shape index (κ1) is 12.9. The molecule has 0 spiro atoms. The van der Waals surface area contributed by atoms with Gasteiger partial charge in [-0.1, -0.05) is 6.92 Å². The van der Waals surface area contributed by atoms with Gasteiger partial charge in [-0.15, -0.1) is 0 Å². The molecule has 1 unspecified atom stereocenters. The third kappa shape index (κ3) is 2.33. The summed E-state index contributed by atoms with van der Waals surface area (Å²) in [6.45, 7) is 2.70. The number of hydrogen-bond donors (Lipinski definition) is 2. The van der Waals surface area contributed by atoms with Crippen LogP contribution in [0.25, 0.3) is 0 Å². The Balaban J connectivity index is 2.12. The molecule has 0 saturated carbocycles. The monoisotopic (exact) mass is 252 g/mol. The lowest BCUT2D eigenvalue weighted by Gasteiger charge is -2.25. The van der Waals surface area contributed by atoms with Crippen LogP contribution in [0.4, 0.5) is 11.5 Å². The fourth-order valence-corrected chi connectivity index (χ4v) is 2.20. The zero-order valence-electron chi connectivity index (χ0n) is 11.1. The Morgan fingerprint density at radius 1 is 1.50 bits per heavy atom. The predicted octanol–water partition coefficient (Wildman–Crippen LogP) is 1.14. The van der Waals surface area contributed by atoms with Gasteiger partial charge in [0.25, 0.3) is 0 Å². The van der Waals surface area contributed by atoms with Crippen molar-refractivity contribution in [1.29, 1.82) is 0 Å². The van der Waals surface area contributed by atoms with Crippen LogP contribution >= 0.6 is 0 Å². The molecule has 1 aromatic rings. The molecule has 0 saturated heterocycles. The van der Waals surface area contributed by atoms with Crippen molar-refractivity contribution in [2.75, 3.05) is 24.4 Å². The zero-order valence-corrected chi connectivity index (χ0v) is 11.1. The van der Waals surface area contributed by atoms with Gasteiger partial charge in [0.15, 0.2) is 0 Å². The van der Waals surface area contributed by atoms with E-state index in [2.05, 4.69) is 15.7 Å². The van der Waals surface area contributed by atoms with E-state index in [0.717, 1.165) is 36.5 Å². The molecule has 0 bridgehead atoms. The predicted molar refractivity (Wildman–Crippen MR) is 69.7 cm³/mol. The normalized spacial score (nSPS) is 18.2. The van der Waals surface area contributed by atoms with Crippen molar-refractivity contribution in [2.24, 2.45) is 7.05 Å². The Morgan fingerprint density at radius 3 is 2.94 bits per heavy atom. The Bertz CT molecular complexity index is 442. The van der Waals surface area contributed by atoms with Crippen molar-refractivity contribution in [3.8, 4) is 0 Å². The lowest BCUT2D eigenvalue weighted by Crippen LogP contribution is -2.39. The van der Waals surface area contributed by atoms with Crippen LogP contribution in [0.5, 0.6) is 0 Å². The van der Waals surface area contributed by atoms with E-state index >= 15 is 0 Å². The number of carbonyl (C=O) groups is 1. The summed E-state index contributed by atoms with van der Waals surface area (Å²) in [5.41, 5.74) is 1.75. The highest BCUT2D eigenvalue weighted by molar-refractivity contribution is 6.02. The second kappa shape index (κ2) is 5.39. The van der Waals surface area contributed by atoms with Crippen molar-refractivity contribution in [1.82, 2.24) is 9.78 Å². The summed E-state index contributed by atoms with van der Waals surface area (Å²) in [6, 6.07) is -0.201. The topological polar surface area (TPSA) is 68.2 Å². The number of fused-ring (bicyclic) bond motifs is 1. The summed E-state index contributed by atoms with van der Waals surface area (Å²) in [4.78, 5) is 12.0. The first-order valence-corrected chi connectivity index (χ1v) is 6.29. The van der Waals surface area contributed by atoms with E-state index in [1.807, 2.05) is 14.0 Å². The summed E-state index contributed by atoms with van der Waals surface area (Å²) in [5.74, 6) is 0.912. The summed E-state index contributed by atoms with van der Waals surface area (Å²) in [6.07, 6.45) is 2.42. The van der Waals surface area contributed by atoms with E-state index in [4.69, 9.17) is 4.74 Å². The second-order valence-electron chi connectivity index (χ2n) is 4.47. The number of aromatic nitrogens is 2. The number of aryl methyl sites for hydroxylation is 2. The minimum absolute atomic E-state index is 0.0151. The van der Waals surface area contributed by atoms with Gasteiger partial charge in [-0.25, -0.2) is 0 Å². The standard InChI is InChI=1S/C12H20N4O2/c1-4-8-10-11(16(2)15-8)13-9(12(17)14-10)6-5-7-18-3/h9,13H,4-7H2,1-3H3,(H,14,17). The van der Waals surface area contributed by atoms with E-state index < -0.39 is 0 Å². The average Bonchev–Trinajstić information content (AvgIpc) is 2.66. The molecule has 2 heterocycles. The van der Waals surface area contributed by atoms with E-state index in [-0.39, 0.29) is 11.9 Å². The highest BCUT2D eigenvalue weighted by Gasteiger charge is 2.29. The Hall–Kier alpha value is -1.56. The third-order valence-electron chi connectivity index (χ3n) is 3.17. The number of amides is 1. The highest BCUT2D eigenvalue weighted by atomic mass is 16.5. The molecule has 18 heavy (non-hydrogen) atoms. The summed E-state index contributed by atoms with van der Waals surface area (Å²) >= 11 is 0. The molecule has 6 heteroatoms. The number of anilines is 2. The van der Waals surface area contributed by atoms with Crippen LogP contribution in [0.1, 0.15) is 25.5 Å². The molecule has 100 valence electrons. The number of nitrogens with zero attached hydrogens (tertiary/aromatic N) is 2. The van der Waals surface area contributed by atoms with Crippen molar-refractivity contribution in [3.63, 3.8) is 0 Å². The van der Waals surface area contributed by atoms with Crippen LogP contribution < -0.4 is 10.6 Å². The van der Waals surface area contributed by atoms with Crippen molar-refractivity contribution in [2.45, 2.75) is 32.2 Å². The minimum atomic E-state index is -0.201. The van der Waals surface area contributed by atoms with E-state index in [1.54, 1.807) is 11.8 Å². The maximum Gasteiger partial charge on any atom is 0.247 e. The zero-order chi connectivity index (χ0) is 13.1. The average molecular weight is 252 g/mol. The first-order chi connectivity index (χ1) is 8.67. The molecule has 2 rings (SSSR count). The number of rotatable bonds is 5. The molecule has 2 N–H and O–H groups in total. The molecular weight excluding hydrogens is 232 g/mol. The van der Waals surface area contributed by atoms with Crippen LogP contribution in [0, 0.1) is 0 Å². The van der Waals surface area contributed by atoms with Gasteiger partial charge < -0.3 is 15.4 Å². The number of carbonyl (C=O) groups excluding carboxylic acids is 1. The van der Waals surface area contributed by atoms with Crippen molar-refractivity contribution < 1.29 is 9.53 Å². The van der Waals surface area contributed by atoms with Crippen LogP contribution in [-0.2, 0) is 23.0 Å². The van der Waals surface area contributed by atoms with Crippen LogP contribution in [-0.4, -0.2) is 35.4 Å². The number of methoxy groups -OCH3 is 1. The summed E-state index contributed by atoms with van der Waals surface area (Å²) in [5, 5.41) is 10.6. The van der Waals surface area contributed by atoms with Crippen LogP contribution in [0.2, 0.25) is 0 Å². The Labute approximate surface area is 107 Å². The van der Waals surface area contributed by atoms with E-state index in [1.165, 1.54) is 0 Å². The van der Waals surface area contributed by atoms with E-state index in [9.17, 15) is 4.79 Å². The van der Waals surface area contributed by atoms with Gasteiger partial charge in [0, 0.05) is 20.8 Å². The molecule has 1 atom stereocenters. The smallest absolute Gasteiger partial charge is 0.247 e. The summed E-state index contributed by atoms with van der Waals surface area (Å²) < 4.78 is 6.79. The maximum atomic E-state index is 12.0. The number of ether oxygens (including phenoxy) is 1. The molecule has 1 aromatic heterocycles. The van der Waals surface area contributed by atoms with E-state index in [0.29, 0.717) is 6.61 Å². The van der Waals surface area contributed by atoms with Crippen LogP contribution in [0.15, 0.2) is 0 Å². The summed E-state index contributed by atoms with van der Waals surface area (Å²) in [7, 11) is 3.55. The van der Waals surface area contributed by atoms with Gasteiger partial charge in [-0.3, -0.25) is 9.48 Å². The molecule has 0 radical (unpaired) electrons. The molecule has 0 aliphatic carbocycles. The third-order valence-corrected chi connectivity index (χ3v) is 3.17. The SMILES string of the molecule is CCc1nn(C)c2c1NC(=O)C(CCCOC)N2. The van der Waals surface area contributed by atoms with Gasteiger partial charge in [0.05, 0.1) is 5.69 Å². The minimum Gasteiger partial charge on any atom is -0.385 e. The second-order valence-corrected chi connectivity index (χ2v) is 4.47. The first-order valence-electron chi connectivity index (χ1n) is 6.29. The maximum absolute atomic E-state index is 12.0. The molecule has 1 aliphatic heterocycles. The molecule has 1 aliphatic rings. The lowest BCUT2D eigenvalue weighted by atomic mass is 10.1. The quantitative estimate of drug-likeness (QED) is 0.771. The fraction of sp³-hybridized carbons (Fsp3) is 0.667. The Kier molecular flexibility index (Phi) is 3.86. The van der Waals surface area contributed by atoms with Crippen molar-refractivity contribution in [3.05, 3.63) is 5.69 Å². The van der Waals surface area contributed by atoms with Gasteiger partial charge in [-0.05, 0) is 19.3 Å². The molecule has 1 amide bonds. The van der Waals surface area contributed by atoms with Gasteiger partial charge in [0.2, 0.25) is 5.91 Å². The highest BCUT2D eigenvalue weighted by Crippen LogP contribution is 2.30. The lowest BCUT2D eigenvalue weighted by molar-refractivity contribution is -0.117. The molecule has 0 aromatic carbocycles. The van der Waals surface area contributed by atoms with Crippen molar-refractivity contribution >= 4 is 17.4 Å². The van der Waals surface area contributed by atoms with Crippen LogP contribution in [0.3, 0.4) is 0 Å².